The molecule has 138 valence electrons. The zero-order chi connectivity index (χ0) is 18.5. The molecule has 3 heterocycles. The number of ether oxygens (including phenoxy) is 1. The molecule has 1 aliphatic rings. The molecule has 25 heavy (non-hydrogen) atoms. The molecule has 4 N–H and O–H groups in total. The highest BCUT2D eigenvalue weighted by atomic mass is 19.4. The van der Waals surface area contributed by atoms with Gasteiger partial charge in [-0.3, -0.25) is 4.57 Å². The lowest BCUT2D eigenvalue weighted by Gasteiger charge is -2.15. The van der Waals surface area contributed by atoms with Gasteiger partial charge in [-0.1, -0.05) is 0 Å². The minimum absolute atomic E-state index is 0.310. The maximum absolute atomic E-state index is 13.9. The fourth-order valence-corrected chi connectivity index (χ4v) is 2.70. The summed E-state index contributed by atoms with van der Waals surface area (Å²) >= 11 is 0. The Kier molecular flexibility index (Phi) is 4.17. The smallest absolute Gasteiger partial charge is 0.394 e. The molecule has 0 saturated carbocycles. The number of nitrogen functional groups attached to an aromatic ring is 1. The van der Waals surface area contributed by atoms with Gasteiger partial charge in [0.15, 0.2) is 18.0 Å². The van der Waals surface area contributed by atoms with Crippen LogP contribution in [0.3, 0.4) is 0 Å². The number of imidazole rings is 1. The minimum Gasteiger partial charge on any atom is -0.394 e. The second kappa shape index (κ2) is 5.93. The molecule has 2 aromatic rings. The molecule has 1 aliphatic heterocycles. The molecule has 0 spiro atoms. The van der Waals surface area contributed by atoms with Crippen molar-refractivity contribution in [2.24, 2.45) is 0 Å². The predicted octanol–water partition coefficient (Wildman–Crippen LogP) is -0.674. The Morgan fingerprint density at radius 2 is 2.08 bits per heavy atom. The summed E-state index contributed by atoms with van der Waals surface area (Å²) in [7, 11) is 0. The first kappa shape index (κ1) is 17.6. The third kappa shape index (κ3) is 2.94. The molecule has 0 radical (unpaired) electrons. The van der Waals surface area contributed by atoms with Crippen LogP contribution in [0.25, 0.3) is 11.2 Å². The van der Waals surface area contributed by atoms with Gasteiger partial charge in [-0.05, 0) is 0 Å². The Bertz CT molecular complexity index is 850. The molecule has 0 unspecified atom stereocenters. The van der Waals surface area contributed by atoms with Crippen LogP contribution in [0.1, 0.15) is 6.23 Å². The third-order valence-corrected chi connectivity index (χ3v) is 3.78. The van der Waals surface area contributed by atoms with E-state index in [-0.39, 0.29) is 17.1 Å². The van der Waals surface area contributed by atoms with Crippen molar-refractivity contribution >= 4 is 17.1 Å². The lowest BCUT2D eigenvalue weighted by atomic mass is 10.1. The maximum atomic E-state index is 13.9. The molecular weight excluding hydrogens is 354 g/mol. The molecule has 4 atom stereocenters. The van der Waals surface area contributed by atoms with Crippen LogP contribution in [-0.2, 0) is 11.3 Å². The third-order valence-electron chi connectivity index (χ3n) is 3.78. The fraction of sp³-hybridized carbons (Fsp3) is 0.583. The fourth-order valence-electron chi connectivity index (χ4n) is 2.70. The van der Waals surface area contributed by atoms with Crippen LogP contribution in [0.2, 0.25) is 0 Å². The minimum atomic E-state index is -4.73. The SMILES string of the molecule is Nc1ncc2c(n1)n([C@@H]1O[C@H](CO)[C@@H](F)[C@H]1O)c(=O)n2CC(F)(F)F. The highest BCUT2D eigenvalue weighted by Gasteiger charge is 2.46. The van der Waals surface area contributed by atoms with Crippen molar-refractivity contribution in [1.82, 2.24) is 19.1 Å². The predicted molar refractivity (Wildman–Crippen MR) is 74.2 cm³/mol. The van der Waals surface area contributed by atoms with E-state index in [0.717, 1.165) is 6.20 Å². The number of alkyl halides is 4. The van der Waals surface area contributed by atoms with Gasteiger partial charge in [-0.2, -0.15) is 18.2 Å². The van der Waals surface area contributed by atoms with Gasteiger partial charge in [0.25, 0.3) is 0 Å². The quantitative estimate of drug-likeness (QED) is 0.614. The number of aromatic nitrogens is 4. The summed E-state index contributed by atoms with van der Waals surface area (Å²) in [6, 6.07) is 0. The molecule has 0 amide bonds. The van der Waals surface area contributed by atoms with E-state index in [1.807, 2.05) is 0 Å². The van der Waals surface area contributed by atoms with E-state index >= 15 is 0 Å². The van der Waals surface area contributed by atoms with Gasteiger partial charge in [0.2, 0.25) is 5.95 Å². The van der Waals surface area contributed by atoms with Crippen molar-refractivity contribution in [1.29, 1.82) is 0 Å². The highest BCUT2D eigenvalue weighted by molar-refractivity contribution is 5.72. The Labute approximate surface area is 136 Å². The Morgan fingerprint density at radius 1 is 1.40 bits per heavy atom. The summed E-state index contributed by atoms with van der Waals surface area (Å²) < 4.78 is 58.2. The van der Waals surface area contributed by atoms with Gasteiger partial charge in [0.05, 0.1) is 12.8 Å². The number of aliphatic hydroxyl groups is 2. The van der Waals surface area contributed by atoms with E-state index in [4.69, 9.17) is 15.6 Å². The standard InChI is InChI=1S/C12H13F4N5O4/c13-6-5(2-22)25-9(7(6)23)21-8-4(1-18-10(17)19-8)20(11(21)24)3-12(14,15)16/h1,5-7,9,22-23H,2-3H2,(H2,17,18,19)/t5-,6-,7-,9-/m1/s1. The monoisotopic (exact) mass is 367 g/mol. The molecule has 0 aromatic carbocycles. The molecule has 3 rings (SSSR count). The second-order valence-electron chi connectivity index (χ2n) is 5.47. The normalized spacial score (nSPS) is 27.3. The average Bonchev–Trinajstić information content (AvgIpc) is 2.94. The highest BCUT2D eigenvalue weighted by Crippen LogP contribution is 2.32. The molecule has 9 nitrogen and oxygen atoms in total. The molecule has 1 fully saturated rings. The number of hydrogen-bond acceptors (Lipinski definition) is 7. The zero-order valence-corrected chi connectivity index (χ0v) is 12.4. The van der Waals surface area contributed by atoms with Crippen molar-refractivity contribution in [3.8, 4) is 0 Å². The van der Waals surface area contributed by atoms with E-state index < -0.39 is 49.6 Å². The zero-order valence-electron chi connectivity index (χ0n) is 12.4. The number of nitrogens with two attached hydrogens (primary N) is 1. The van der Waals surface area contributed by atoms with E-state index in [2.05, 4.69) is 9.97 Å². The number of rotatable bonds is 3. The van der Waals surface area contributed by atoms with Gasteiger partial charge in [-0.15, -0.1) is 0 Å². The first-order valence-corrected chi connectivity index (χ1v) is 7.02. The Hall–Kier alpha value is -2.25. The van der Waals surface area contributed by atoms with Crippen molar-refractivity contribution in [2.45, 2.75) is 37.3 Å². The molecule has 13 heteroatoms. The van der Waals surface area contributed by atoms with Gasteiger partial charge in [0.1, 0.15) is 24.3 Å². The van der Waals surface area contributed by atoms with E-state index in [0.29, 0.717) is 9.13 Å². The molecule has 1 saturated heterocycles. The van der Waals surface area contributed by atoms with Crippen LogP contribution in [0.15, 0.2) is 11.0 Å². The Balaban J connectivity index is 2.20. The van der Waals surface area contributed by atoms with Crippen molar-refractivity contribution < 1.29 is 32.5 Å². The number of fused-ring (bicyclic) bond motifs is 1. The number of anilines is 1. The average molecular weight is 367 g/mol. The first-order valence-electron chi connectivity index (χ1n) is 7.02. The first-order chi connectivity index (χ1) is 11.6. The number of hydrogen-bond donors (Lipinski definition) is 3. The van der Waals surface area contributed by atoms with Crippen LogP contribution >= 0.6 is 0 Å². The van der Waals surface area contributed by atoms with Gasteiger partial charge in [0, 0.05) is 0 Å². The lowest BCUT2D eigenvalue weighted by Crippen LogP contribution is -2.35. The number of nitrogens with zero attached hydrogens (tertiary/aromatic N) is 4. The molecule has 2 aromatic heterocycles. The molecule has 0 aliphatic carbocycles. The van der Waals surface area contributed by atoms with E-state index in [9.17, 15) is 27.5 Å². The van der Waals surface area contributed by atoms with E-state index in [1.165, 1.54) is 0 Å². The largest absolute Gasteiger partial charge is 0.406 e. The van der Waals surface area contributed by atoms with Crippen LogP contribution in [0.5, 0.6) is 0 Å². The van der Waals surface area contributed by atoms with Gasteiger partial charge in [-0.25, -0.2) is 18.7 Å². The summed E-state index contributed by atoms with van der Waals surface area (Å²) in [6.45, 7) is -2.43. The van der Waals surface area contributed by atoms with Crippen LogP contribution in [-0.4, -0.2) is 60.5 Å². The summed E-state index contributed by atoms with van der Waals surface area (Å²) in [5.74, 6) is -0.339. The van der Waals surface area contributed by atoms with Crippen molar-refractivity contribution in [3.05, 3.63) is 16.7 Å². The molecule has 0 bridgehead atoms. The van der Waals surface area contributed by atoms with Gasteiger partial charge >= 0.3 is 11.9 Å². The molecular formula is C12H13F4N5O4. The van der Waals surface area contributed by atoms with Crippen molar-refractivity contribution in [2.75, 3.05) is 12.3 Å². The lowest BCUT2D eigenvalue weighted by molar-refractivity contribution is -0.140. The van der Waals surface area contributed by atoms with Crippen LogP contribution < -0.4 is 11.4 Å². The number of aliphatic hydroxyl groups excluding tert-OH is 2. The summed E-state index contributed by atoms with van der Waals surface area (Å²) in [5.41, 5.74) is 3.51. The topological polar surface area (TPSA) is 128 Å². The Morgan fingerprint density at radius 3 is 2.64 bits per heavy atom. The van der Waals surface area contributed by atoms with E-state index in [1.54, 1.807) is 0 Å². The summed E-state index contributed by atoms with van der Waals surface area (Å²) in [6.07, 6.45) is -10.9. The second-order valence-corrected chi connectivity index (χ2v) is 5.47. The number of halogens is 4. The summed E-state index contributed by atoms with van der Waals surface area (Å²) in [5, 5.41) is 19.0. The van der Waals surface area contributed by atoms with Crippen LogP contribution in [0.4, 0.5) is 23.5 Å². The van der Waals surface area contributed by atoms with Crippen molar-refractivity contribution in [3.63, 3.8) is 0 Å². The van der Waals surface area contributed by atoms with Crippen LogP contribution in [0, 0.1) is 0 Å². The summed E-state index contributed by atoms with van der Waals surface area (Å²) in [4.78, 5) is 19.7. The maximum Gasteiger partial charge on any atom is 0.406 e. The van der Waals surface area contributed by atoms with Gasteiger partial charge < -0.3 is 20.7 Å².